The van der Waals surface area contributed by atoms with Crippen molar-refractivity contribution in [3.63, 3.8) is 0 Å². The van der Waals surface area contributed by atoms with E-state index in [0.717, 1.165) is 32.6 Å². The number of hydrogen-bond acceptors (Lipinski definition) is 4. The normalized spacial score (nSPS) is 25.0. The maximum atomic E-state index is 10.9. The van der Waals surface area contributed by atoms with Gasteiger partial charge in [-0.05, 0) is 38.1 Å². The van der Waals surface area contributed by atoms with Crippen LogP contribution in [0, 0.1) is 11.8 Å². The molecule has 1 amide bonds. The minimum atomic E-state index is -0.275. The Morgan fingerprint density at radius 2 is 2.00 bits per heavy atom. The molecule has 3 N–H and O–H groups in total. The molecule has 0 bridgehead atoms. The Labute approximate surface area is 129 Å². The van der Waals surface area contributed by atoms with E-state index < -0.39 is 0 Å². The van der Waals surface area contributed by atoms with Crippen molar-refractivity contribution in [1.29, 1.82) is 0 Å². The highest BCUT2D eigenvalue weighted by Crippen LogP contribution is 2.20. The zero-order chi connectivity index (χ0) is 15.8. The minimum absolute atomic E-state index is 0.0192. The molecule has 3 unspecified atom stereocenters. The predicted molar refractivity (Wildman–Crippen MR) is 86.2 cm³/mol. The first kappa shape index (κ1) is 18.4. The van der Waals surface area contributed by atoms with E-state index in [0.29, 0.717) is 24.4 Å². The second-order valence-corrected chi connectivity index (χ2v) is 6.81. The smallest absolute Gasteiger partial charge is 0.216 e. The molecule has 0 aromatic carbocycles. The molecular formula is C16H33N3O2. The fourth-order valence-corrected chi connectivity index (χ4v) is 2.88. The van der Waals surface area contributed by atoms with Crippen LogP contribution in [0.3, 0.4) is 0 Å². The number of nitrogens with zero attached hydrogens (tertiary/aromatic N) is 1. The summed E-state index contributed by atoms with van der Waals surface area (Å²) in [4.78, 5) is 13.3. The first-order chi connectivity index (χ1) is 9.88. The molecule has 1 aliphatic rings. The highest BCUT2D eigenvalue weighted by Gasteiger charge is 2.29. The number of carbonyl (C=O) groups is 1. The first-order valence-corrected chi connectivity index (χ1v) is 8.26. The van der Waals surface area contributed by atoms with Gasteiger partial charge in [0.2, 0.25) is 5.91 Å². The molecule has 124 valence electrons. The van der Waals surface area contributed by atoms with E-state index in [2.05, 4.69) is 29.4 Å². The van der Waals surface area contributed by atoms with Gasteiger partial charge in [0.25, 0.3) is 0 Å². The third-order valence-corrected chi connectivity index (χ3v) is 4.20. The summed E-state index contributed by atoms with van der Waals surface area (Å²) in [6, 6.07) is 0.439. The molecule has 1 aliphatic heterocycles. The summed E-state index contributed by atoms with van der Waals surface area (Å²) in [5, 5.41) is 16.4. The predicted octanol–water partition coefficient (Wildman–Crippen LogP) is 0.830. The van der Waals surface area contributed by atoms with Gasteiger partial charge >= 0.3 is 0 Å². The number of amides is 1. The molecule has 1 rings (SSSR count). The summed E-state index contributed by atoms with van der Waals surface area (Å²) >= 11 is 0. The molecule has 0 aromatic rings. The Hall–Kier alpha value is -0.650. The molecule has 3 atom stereocenters. The summed E-state index contributed by atoms with van der Waals surface area (Å²) in [7, 11) is 0. The maximum absolute atomic E-state index is 10.9. The summed E-state index contributed by atoms with van der Waals surface area (Å²) in [6.45, 7) is 12.4. The van der Waals surface area contributed by atoms with E-state index in [1.54, 1.807) is 6.92 Å². The van der Waals surface area contributed by atoms with Gasteiger partial charge in [-0.25, -0.2) is 0 Å². The SMILES string of the molecule is CC(=O)NCCN1CC(NCCC(C)C)CC(C(C)O)C1. The zero-order valence-corrected chi connectivity index (χ0v) is 14.1. The lowest BCUT2D eigenvalue weighted by Crippen LogP contribution is -2.53. The third kappa shape index (κ3) is 7.79. The van der Waals surface area contributed by atoms with Gasteiger partial charge in [0.1, 0.15) is 0 Å². The Kier molecular flexibility index (Phi) is 8.22. The average Bonchev–Trinajstić information content (AvgIpc) is 2.37. The molecule has 0 aliphatic carbocycles. The maximum Gasteiger partial charge on any atom is 0.216 e. The van der Waals surface area contributed by atoms with Gasteiger partial charge in [0.05, 0.1) is 6.10 Å². The Morgan fingerprint density at radius 1 is 1.29 bits per heavy atom. The van der Waals surface area contributed by atoms with Crippen molar-refractivity contribution in [2.24, 2.45) is 11.8 Å². The van der Waals surface area contributed by atoms with Crippen LogP contribution in [0.25, 0.3) is 0 Å². The summed E-state index contributed by atoms with van der Waals surface area (Å²) in [5.41, 5.74) is 0. The van der Waals surface area contributed by atoms with Gasteiger partial charge < -0.3 is 15.7 Å². The van der Waals surface area contributed by atoms with Crippen molar-refractivity contribution in [3.05, 3.63) is 0 Å². The monoisotopic (exact) mass is 299 g/mol. The van der Waals surface area contributed by atoms with Crippen LogP contribution in [0.1, 0.15) is 40.5 Å². The topological polar surface area (TPSA) is 64.6 Å². The lowest BCUT2D eigenvalue weighted by Gasteiger charge is -2.39. The second kappa shape index (κ2) is 9.38. The van der Waals surface area contributed by atoms with E-state index in [1.807, 2.05) is 6.92 Å². The lowest BCUT2D eigenvalue weighted by atomic mass is 9.90. The van der Waals surface area contributed by atoms with Crippen LogP contribution in [0.2, 0.25) is 0 Å². The van der Waals surface area contributed by atoms with Crippen molar-refractivity contribution in [2.75, 3.05) is 32.7 Å². The zero-order valence-electron chi connectivity index (χ0n) is 14.1. The van der Waals surface area contributed by atoms with Crippen LogP contribution < -0.4 is 10.6 Å². The molecule has 0 spiro atoms. The molecule has 21 heavy (non-hydrogen) atoms. The van der Waals surface area contributed by atoms with Gasteiger partial charge in [-0.3, -0.25) is 9.69 Å². The fraction of sp³-hybridized carbons (Fsp3) is 0.938. The van der Waals surface area contributed by atoms with Crippen LogP contribution in [0.15, 0.2) is 0 Å². The number of carbonyl (C=O) groups excluding carboxylic acids is 1. The van der Waals surface area contributed by atoms with Crippen molar-refractivity contribution >= 4 is 5.91 Å². The number of piperidine rings is 1. The lowest BCUT2D eigenvalue weighted by molar-refractivity contribution is -0.119. The Bertz CT molecular complexity index is 308. The summed E-state index contributed by atoms with van der Waals surface area (Å²) < 4.78 is 0. The molecule has 0 aromatic heterocycles. The van der Waals surface area contributed by atoms with Gasteiger partial charge in [-0.1, -0.05) is 13.8 Å². The van der Waals surface area contributed by atoms with Crippen LogP contribution in [0.5, 0.6) is 0 Å². The van der Waals surface area contributed by atoms with Crippen LogP contribution in [-0.2, 0) is 4.79 Å². The van der Waals surface area contributed by atoms with Crippen molar-refractivity contribution in [2.45, 2.75) is 52.7 Å². The second-order valence-electron chi connectivity index (χ2n) is 6.81. The van der Waals surface area contributed by atoms with Gasteiger partial charge in [0.15, 0.2) is 0 Å². The highest BCUT2D eigenvalue weighted by atomic mass is 16.3. The molecule has 1 fully saturated rings. The van der Waals surface area contributed by atoms with Gasteiger partial charge in [-0.2, -0.15) is 0 Å². The average molecular weight is 299 g/mol. The molecule has 5 nitrogen and oxygen atoms in total. The summed E-state index contributed by atoms with van der Waals surface area (Å²) in [6.07, 6.45) is 1.94. The number of hydrogen-bond donors (Lipinski definition) is 3. The standard InChI is InChI=1S/C16H33N3O2/c1-12(2)5-6-18-16-9-15(13(3)20)10-19(11-16)8-7-17-14(4)21/h12-13,15-16,18,20H,5-11H2,1-4H3,(H,17,21). The number of aliphatic hydroxyl groups excluding tert-OH is 1. The van der Waals surface area contributed by atoms with E-state index in [9.17, 15) is 9.90 Å². The molecular weight excluding hydrogens is 266 g/mol. The number of nitrogens with one attached hydrogen (secondary N) is 2. The number of aliphatic hydroxyl groups is 1. The van der Waals surface area contributed by atoms with E-state index in [-0.39, 0.29) is 12.0 Å². The molecule has 0 saturated carbocycles. The number of likely N-dealkylation sites (tertiary alicyclic amines) is 1. The largest absolute Gasteiger partial charge is 0.393 e. The summed E-state index contributed by atoms with van der Waals surface area (Å²) in [5.74, 6) is 1.04. The van der Waals surface area contributed by atoms with Crippen molar-refractivity contribution in [1.82, 2.24) is 15.5 Å². The van der Waals surface area contributed by atoms with Gasteiger partial charge in [-0.15, -0.1) is 0 Å². The molecule has 1 saturated heterocycles. The van der Waals surface area contributed by atoms with E-state index >= 15 is 0 Å². The number of rotatable bonds is 8. The van der Waals surface area contributed by atoms with E-state index in [1.165, 1.54) is 6.42 Å². The van der Waals surface area contributed by atoms with Crippen LogP contribution >= 0.6 is 0 Å². The Balaban J connectivity index is 2.41. The first-order valence-electron chi connectivity index (χ1n) is 8.26. The fourth-order valence-electron chi connectivity index (χ4n) is 2.88. The quantitative estimate of drug-likeness (QED) is 0.621. The highest BCUT2D eigenvalue weighted by molar-refractivity contribution is 5.72. The third-order valence-electron chi connectivity index (χ3n) is 4.20. The van der Waals surface area contributed by atoms with Gasteiger partial charge in [0, 0.05) is 39.1 Å². The van der Waals surface area contributed by atoms with Crippen molar-refractivity contribution in [3.8, 4) is 0 Å². The van der Waals surface area contributed by atoms with Crippen LogP contribution in [-0.4, -0.2) is 60.8 Å². The molecule has 0 radical (unpaired) electrons. The minimum Gasteiger partial charge on any atom is -0.393 e. The van der Waals surface area contributed by atoms with Crippen molar-refractivity contribution < 1.29 is 9.90 Å². The van der Waals surface area contributed by atoms with Crippen LogP contribution in [0.4, 0.5) is 0 Å². The molecule has 5 heteroatoms. The Morgan fingerprint density at radius 3 is 2.57 bits per heavy atom. The molecule has 1 heterocycles. The van der Waals surface area contributed by atoms with E-state index in [4.69, 9.17) is 0 Å².